The standard InChI is InChI=1S/C12H16ClNS/c1-14-11-3-2-4-12(11)15-10-7-5-9(13)6-8-10/h5-8,11-12,14H,2-4H2,1H3. The van der Waals surface area contributed by atoms with Crippen LogP contribution in [-0.2, 0) is 0 Å². The molecule has 0 amide bonds. The lowest BCUT2D eigenvalue weighted by Crippen LogP contribution is -2.30. The van der Waals surface area contributed by atoms with Gasteiger partial charge in [0.2, 0.25) is 0 Å². The summed E-state index contributed by atoms with van der Waals surface area (Å²) in [6, 6.07) is 8.82. The van der Waals surface area contributed by atoms with Crippen LogP contribution >= 0.6 is 23.4 Å². The van der Waals surface area contributed by atoms with Gasteiger partial charge in [-0.25, -0.2) is 0 Å². The Bertz CT molecular complexity index is 312. The minimum Gasteiger partial charge on any atom is -0.316 e. The highest BCUT2D eigenvalue weighted by atomic mass is 35.5. The van der Waals surface area contributed by atoms with Crippen molar-refractivity contribution in [3.8, 4) is 0 Å². The Kier molecular flexibility index (Phi) is 3.95. The number of benzene rings is 1. The molecule has 1 aliphatic rings. The monoisotopic (exact) mass is 241 g/mol. The zero-order valence-corrected chi connectivity index (χ0v) is 10.4. The van der Waals surface area contributed by atoms with Crippen molar-refractivity contribution in [3.05, 3.63) is 29.3 Å². The molecule has 2 rings (SSSR count). The maximum atomic E-state index is 5.86. The normalized spacial score (nSPS) is 25.7. The Hall–Kier alpha value is -0.180. The third-order valence-electron chi connectivity index (χ3n) is 2.92. The van der Waals surface area contributed by atoms with Crippen molar-refractivity contribution in [3.63, 3.8) is 0 Å². The molecule has 82 valence electrons. The lowest BCUT2D eigenvalue weighted by Gasteiger charge is -2.18. The van der Waals surface area contributed by atoms with Crippen molar-refractivity contribution in [2.45, 2.75) is 35.4 Å². The predicted octanol–water partition coefficient (Wildman–Crippen LogP) is 3.57. The molecule has 1 fully saturated rings. The average molecular weight is 242 g/mol. The van der Waals surface area contributed by atoms with Crippen LogP contribution in [-0.4, -0.2) is 18.3 Å². The van der Waals surface area contributed by atoms with Gasteiger partial charge in [-0.2, -0.15) is 0 Å². The fourth-order valence-corrected chi connectivity index (χ4v) is 3.58. The highest BCUT2D eigenvalue weighted by molar-refractivity contribution is 8.00. The van der Waals surface area contributed by atoms with Crippen LogP contribution in [0.5, 0.6) is 0 Å². The van der Waals surface area contributed by atoms with E-state index in [0.29, 0.717) is 6.04 Å². The summed E-state index contributed by atoms with van der Waals surface area (Å²) in [5.41, 5.74) is 0. The number of nitrogens with one attached hydrogen (secondary N) is 1. The molecule has 0 spiro atoms. The number of hydrogen-bond donors (Lipinski definition) is 1. The number of hydrogen-bond acceptors (Lipinski definition) is 2. The molecule has 1 nitrogen and oxygen atoms in total. The van der Waals surface area contributed by atoms with Crippen LogP contribution in [0, 0.1) is 0 Å². The maximum Gasteiger partial charge on any atom is 0.0406 e. The van der Waals surface area contributed by atoms with E-state index in [-0.39, 0.29) is 0 Å². The molecular weight excluding hydrogens is 226 g/mol. The SMILES string of the molecule is CNC1CCCC1Sc1ccc(Cl)cc1. The molecule has 1 saturated carbocycles. The summed E-state index contributed by atoms with van der Waals surface area (Å²) in [4.78, 5) is 1.33. The van der Waals surface area contributed by atoms with Crippen LogP contribution in [0.2, 0.25) is 5.02 Å². The van der Waals surface area contributed by atoms with Crippen LogP contribution in [0.15, 0.2) is 29.2 Å². The van der Waals surface area contributed by atoms with E-state index >= 15 is 0 Å². The van der Waals surface area contributed by atoms with E-state index in [1.807, 2.05) is 23.9 Å². The van der Waals surface area contributed by atoms with Crippen molar-refractivity contribution in [1.29, 1.82) is 0 Å². The van der Waals surface area contributed by atoms with Crippen LogP contribution in [0.4, 0.5) is 0 Å². The first-order valence-corrected chi connectivity index (χ1v) is 6.65. The van der Waals surface area contributed by atoms with E-state index in [1.165, 1.54) is 24.2 Å². The molecular formula is C12H16ClNS. The molecule has 0 aromatic heterocycles. The number of rotatable bonds is 3. The number of halogens is 1. The Morgan fingerprint density at radius 1 is 1.27 bits per heavy atom. The van der Waals surface area contributed by atoms with E-state index in [4.69, 9.17) is 11.6 Å². The van der Waals surface area contributed by atoms with E-state index in [1.54, 1.807) is 0 Å². The summed E-state index contributed by atoms with van der Waals surface area (Å²) in [5.74, 6) is 0. The summed E-state index contributed by atoms with van der Waals surface area (Å²) < 4.78 is 0. The first-order valence-electron chi connectivity index (χ1n) is 5.39. The fourth-order valence-electron chi connectivity index (χ4n) is 2.09. The summed E-state index contributed by atoms with van der Waals surface area (Å²) in [6.45, 7) is 0. The molecule has 0 aliphatic heterocycles. The highest BCUT2D eigenvalue weighted by Crippen LogP contribution is 2.35. The third kappa shape index (κ3) is 2.90. The average Bonchev–Trinajstić information content (AvgIpc) is 2.69. The van der Waals surface area contributed by atoms with Gasteiger partial charge in [-0.1, -0.05) is 18.0 Å². The largest absolute Gasteiger partial charge is 0.316 e. The van der Waals surface area contributed by atoms with Gasteiger partial charge in [0, 0.05) is 21.2 Å². The molecule has 15 heavy (non-hydrogen) atoms. The van der Waals surface area contributed by atoms with Gasteiger partial charge >= 0.3 is 0 Å². The molecule has 1 aromatic carbocycles. The van der Waals surface area contributed by atoms with E-state index in [0.717, 1.165) is 10.3 Å². The van der Waals surface area contributed by atoms with Gasteiger partial charge in [0.25, 0.3) is 0 Å². The van der Waals surface area contributed by atoms with Crippen molar-refractivity contribution in [2.75, 3.05) is 7.05 Å². The lowest BCUT2D eigenvalue weighted by atomic mass is 10.2. The van der Waals surface area contributed by atoms with Gasteiger partial charge in [-0.3, -0.25) is 0 Å². The zero-order chi connectivity index (χ0) is 10.7. The minimum absolute atomic E-state index is 0.672. The van der Waals surface area contributed by atoms with E-state index in [9.17, 15) is 0 Å². The Morgan fingerprint density at radius 2 is 2.00 bits per heavy atom. The second-order valence-electron chi connectivity index (χ2n) is 3.94. The van der Waals surface area contributed by atoms with E-state index < -0.39 is 0 Å². The summed E-state index contributed by atoms with van der Waals surface area (Å²) >= 11 is 7.83. The van der Waals surface area contributed by atoms with Crippen molar-refractivity contribution < 1.29 is 0 Å². The van der Waals surface area contributed by atoms with Crippen LogP contribution in [0.25, 0.3) is 0 Å². The van der Waals surface area contributed by atoms with Gasteiger partial charge in [-0.15, -0.1) is 11.8 Å². The van der Waals surface area contributed by atoms with Crippen molar-refractivity contribution in [2.24, 2.45) is 0 Å². The topological polar surface area (TPSA) is 12.0 Å². The fraction of sp³-hybridized carbons (Fsp3) is 0.500. The Morgan fingerprint density at radius 3 is 2.67 bits per heavy atom. The molecule has 0 bridgehead atoms. The number of thioether (sulfide) groups is 1. The summed E-state index contributed by atoms with van der Waals surface area (Å²) in [7, 11) is 2.06. The first-order chi connectivity index (χ1) is 7.29. The van der Waals surface area contributed by atoms with Crippen LogP contribution in [0.1, 0.15) is 19.3 Å². The lowest BCUT2D eigenvalue weighted by molar-refractivity contribution is 0.591. The smallest absolute Gasteiger partial charge is 0.0406 e. The Labute approximate surface area is 101 Å². The molecule has 2 unspecified atom stereocenters. The van der Waals surface area contributed by atoms with Crippen LogP contribution < -0.4 is 5.32 Å². The van der Waals surface area contributed by atoms with Gasteiger partial charge in [0.15, 0.2) is 0 Å². The first kappa shape index (κ1) is 11.3. The quantitative estimate of drug-likeness (QED) is 0.868. The van der Waals surface area contributed by atoms with Gasteiger partial charge < -0.3 is 5.32 Å². The van der Waals surface area contributed by atoms with Crippen molar-refractivity contribution >= 4 is 23.4 Å². The molecule has 2 atom stereocenters. The second-order valence-corrected chi connectivity index (χ2v) is 5.69. The molecule has 0 saturated heterocycles. The summed E-state index contributed by atoms with van der Waals surface area (Å²) in [5, 5.41) is 4.93. The maximum absolute atomic E-state index is 5.86. The zero-order valence-electron chi connectivity index (χ0n) is 8.87. The Balaban J connectivity index is 1.99. The van der Waals surface area contributed by atoms with Gasteiger partial charge in [-0.05, 0) is 44.2 Å². The van der Waals surface area contributed by atoms with Gasteiger partial charge in [0.1, 0.15) is 0 Å². The van der Waals surface area contributed by atoms with Crippen molar-refractivity contribution in [1.82, 2.24) is 5.32 Å². The summed E-state index contributed by atoms with van der Waals surface area (Å²) in [6.07, 6.45) is 3.97. The molecule has 1 N–H and O–H groups in total. The third-order valence-corrected chi connectivity index (χ3v) is 4.59. The predicted molar refractivity (Wildman–Crippen MR) is 67.8 cm³/mol. The highest BCUT2D eigenvalue weighted by Gasteiger charge is 2.26. The molecule has 3 heteroatoms. The molecule has 1 aromatic rings. The molecule has 0 radical (unpaired) electrons. The van der Waals surface area contributed by atoms with Crippen LogP contribution in [0.3, 0.4) is 0 Å². The molecule has 1 aliphatic carbocycles. The molecule has 0 heterocycles. The van der Waals surface area contributed by atoms with Gasteiger partial charge in [0.05, 0.1) is 0 Å². The minimum atomic E-state index is 0.672. The second kappa shape index (κ2) is 5.24. The van der Waals surface area contributed by atoms with E-state index in [2.05, 4.69) is 24.5 Å².